The van der Waals surface area contributed by atoms with E-state index >= 15 is 0 Å². The van der Waals surface area contributed by atoms with Crippen molar-refractivity contribution in [3.05, 3.63) is 34.6 Å². The maximum Gasteiger partial charge on any atom is 0.256 e. The van der Waals surface area contributed by atoms with Gasteiger partial charge in [0.1, 0.15) is 5.82 Å². The molecule has 5 heteroatoms. The largest absolute Gasteiger partial charge is 0.340 e. The topological polar surface area (TPSA) is 32.3 Å². The van der Waals surface area contributed by atoms with E-state index in [0.29, 0.717) is 18.1 Å². The van der Waals surface area contributed by atoms with E-state index in [1.165, 1.54) is 23.1 Å². The lowest BCUT2D eigenvalue weighted by Gasteiger charge is -2.17. The normalized spacial score (nSPS) is 10.2. The van der Waals surface area contributed by atoms with Crippen molar-refractivity contribution in [2.45, 2.75) is 0 Å². The van der Waals surface area contributed by atoms with Crippen molar-refractivity contribution in [2.75, 3.05) is 27.2 Å². The van der Waals surface area contributed by atoms with E-state index in [4.69, 9.17) is 11.6 Å². The van der Waals surface area contributed by atoms with Crippen molar-refractivity contribution in [1.29, 1.82) is 0 Å². The molecule has 0 aliphatic rings. The third-order valence-corrected chi connectivity index (χ3v) is 2.44. The molecule has 0 radical (unpaired) electrons. The van der Waals surface area contributed by atoms with Gasteiger partial charge in [0, 0.05) is 25.2 Å². The van der Waals surface area contributed by atoms with Crippen molar-refractivity contribution in [3.63, 3.8) is 0 Å². The Morgan fingerprint density at radius 2 is 2.25 bits per heavy atom. The Labute approximate surface area is 99.2 Å². The van der Waals surface area contributed by atoms with Crippen molar-refractivity contribution >= 4 is 17.5 Å². The minimum Gasteiger partial charge on any atom is -0.340 e. The Bertz CT molecular complexity index is 384. The summed E-state index contributed by atoms with van der Waals surface area (Å²) in [6, 6.07) is 3.96. The first-order valence-electron chi connectivity index (χ1n) is 4.91. The van der Waals surface area contributed by atoms with Gasteiger partial charge in [0.25, 0.3) is 5.91 Å². The number of likely N-dealkylation sites (N-methyl/N-ethyl adjacent to an activating group) is 2. The predicted octanol–water partition coefficient (Wildman–Crippen LogP) is 1.77. The number of carbonyl (C=O) groups is 1. The number of amides is 1. The molecule has 0 saturated carbocycles. The van der Waals surface area contributed by atoms with Crippen LogP contribution in [-0.4, -0.2) is 38.0 Å². The lowest BCUT2D eigenvalue weighted by molar-refractivity contribution is 0.0792. The second-order valence-electron chi connectivity index (χ2n) is 3.45. The third-order valence-electron chi connectivity index (χ3n) is 2.20. The monoisotopic (exact) mass is 244 g/mol. The minimum absolute atomic E-state index is 0.00565. The van der Waals surface area contributed by atoms with Crippen LogP contribution >= 0.6 is 11.6 Å². The van der Waals surface area contributed by atoms with Gasteiger partial charge in [-0.2, -0.15) is 0 Å². The fraction of sp³-hybridized carbons (Fsp3) is 0.364. The van der Waals surface area contributed by atoms with Crippen molar-refractivity contribution in [1.82, 2.24) is 10.2 Å². The summed E-state index contributed by atoms with van der Waals surface area (Å²) in [6.45, 7) is 1.17. The van der Waals surface area contributed by atoms with Crippen LogP contribution in [-0.2, 0) is 0 Å². The molecule has 1 rings (SSSR count). The highest BCUT2D eigenvalue weighted by atomic mass is 35.5. The number of hydrogen-bond acceptors (Lipinski definition) is 2. The van der Waals surface area contributed by atoms with E-state index in [-0.39, 0.29) is 11.5 Å². The molecular formula is C11H14ClFN2O. The van der Waals surface area contributed by atoms with Crippen LogP contribution in [0.3, 0.4) is 0 Å². The quantitative estimate of drug-likeness (QED) is 0.876. The average Bonchev–Trinajstić information content (AvgIpc) is 2.28. The number of hydrogen-bond donors (Lipinski definition) is 1. The zero-order valence-electron chi connectivity index (χ0n) is 9.26. The van der Waals surface area contributed by atoms with Crippen LogP contribution in [0.25, 0.3) is 0 Å². The summed E-state index contributed by atoms with van der Waals surface area (Å²) < 4.78 is 13.4. The van der Waals surface area contributed by atoms with Crippen molar-refractivity contribution in [3.8, 4) is 0 Å². The lowest BCUT2D eigenvalue weighted by Crippen LogP contribution is -2.33. The van der Waals surface area contributed by atoms with Crippen molar-refractivity contribution in [2.24, 2.45) is 0 Å². The van der Waals surface area contributed by atoms with Crippen LogP contribution in [0.5, 0.6) is 0 Å². The number of benzene rings is 1. The first kappa shape index (κ1) is 12.9. The summed E-state index contributed by atoms with van der Waals surface area (Å²) in [6.07, 6.45) is 0. The second kappa shape index (κ2) is 5.82. The zero-order valence-corrected chi connectivity index (χ0v) is 10.0. The van der Waals surface area contributed by atoms with Gasteiger partial charge in [-0.15, -0.1) is 0 Å². The number of nitrogens with zero attached hydrogens (tertiary/aromatic N) is 1. The Morgan fingerprint density at radius 1 is 1.56 bits per heavy atom. The average molecular weight is 245 g/mol. The standard InChI is InChI=1S/C11H14ClFN2O/c1-14-5-6-15(2)11(16)9-7-8(12)3-4-10(9)13/h3-4,7,14H,5-6H2,1-2H3. The van der Waals surface area contributed by atoms with E-state index in [1.54, 1.807) is 14.1 Å². The molecule has 0 aromatic heterocycles. The van der Waals surface area contributed by atoms with Gasteiger partial charge >= 0.3 is 0 Å². The van der Waals surface area contributed by atoms with Gasteiger partial charge in [-0.1, -0.05) is 11.6 Å². The zero-order chi connectivity index (χ0) is 12.1. The Morgan fingerprint density at radius 3 is 2.88 bits per heavy atom. The predicted molar refractivity (Wildman–Crippen MR) is 62.3 cm³/mol. The Kier molecular flexibility index (Phi) is 4.71. The summed E-state index contributed by atoms with van der Waals surface area (Å²) in [7, 11) is 3.41. The molecule has 1 amide bonds. The molecule has 1 N–H and O–H groups in total. The smallest absolute Gasteiger partial charge is 0.256 e. The summed E-state index contributed by atoms with van der Waals surface area (Å²) in [4.78, 5) is 13.3. The van der Waals surface area contributed by atoms with Gasteiger partial charge in [-0.05, 0) is 25.2 Å². The maximum absolute atomic E-state index is 13.4. The molecule has 0 saturated heterocycles. The molecule has 0 atom stereocenters. The Balaban J connectivity index is 2.83. The summed E-state index contributed by atoms with van der Waals surface area (Å²) >= 11 is 5.72. The highest BCUT2D eigenvalue weighted by Gasteiger charge is 2.15. The van der Waals surface area contributed by atoms with Crippen molar-refractivity contribution < 1.29 is 9.18 Å². The molecule has 0 spiro atoms. The van der Waals surface area contributed by atoms with Gasteiger partial charge in [-0.3, -0.25) is 4.79 Å². The van der Waals surface area contributed by atoms with Gasteiger partial charge in [0.2, 0.25) is 0 Å². The van der Waals surface area contributed by atoms with E-state index in [2.05, 4.69) is 5.32 Å². The molecule has 88 valence electrons. The molecule has 16 heavy (non-hydrogen) atoms. The molecular weight excluding hydrogens is 231 g/mol. The minimum atomic E-state index is -0.550. The van der Waals surface area contributed by atoms with Crippen LogP contribution < -0.4 is 5.32 Å². The van der Waals surface area contributed by atoms with Gasteiger partial charge in [0.05, 0.1) is 5.56 Å². The number of halogens is 2. The molecule has 3 nitrogen and oxygen atoms in total. The molecule has 0 aliphatic carbocycles. The summed E-state index contributed by atoms with van der Waals surface area (Å²) in [5.74, 6) is -0.916. The number of nitrogens with one attached hydrogen (secondary N) is 1. The second-order valence-corrected chi connectivity index (χ2v) is 3.89. The molecule has 0 aliphatic heterocycles. The maximum atomic E-state index is 13.4. The van der Waals surface area contributed by atoms with Crippen LogP contribution in [0.1, 0.15) is 10.4 Å². The molecule has 0 fully saturated rings. The van der Waals surface area contributed by atoms with E-state index in [9.17, 15) is 9.18 Å². The number of carbonyl (C=O) groups excluding carboxylic acids is 1. The highest BCUT2D eigenvalue weighted by molar-refractivity contribution is 6.30. The Hall–Kier alpha value is -1.13. The van der Waals surface area contributed by atoms with Gasteiger partial charge in [0.15, 0.2) is 0 Å². The van der Waals surface area contributed by atoms with Gasteiger partial charge in [-0.25, -0.2) is 4.39 Å². The molecule has 1 aromatic rings. The molecule has 0 unspecified atom stereocenters. The SMILES string of the molecule is CNCCN(C)C(=O)c1cc(Cl)ccc1F. The molecule has 0 heterocycles. The van der Waals surface area contributed by atoms with Crippen LogP contribution in [0, 0.1) is 5.82 Å². The summed E-state index contributed by atoms with van der Waals surface area (Å²) in [5.41, 5.74) is 0.00565. The van der Waals surface area contributed by atoms with E-state index < -0.39 is 5.82 Å². The van der Waals surface area contributed by atoms with Crippen LogP contribution in [0.2, 0.25) is 5.02 Å². The molecule has 1 aromatic carbocycles. The van der Waals surface area contributed by atoms with Crippen LogP contribution in [0.15, 0.2) is 18.2 Å². The third kappa shape index (κ3) is 3.18. The lowest BCUT2D eigenvalue weighted by atomic mass is 10.2. The van der Waals surface area contributed by atoms with Crippen LogP contribution in [0.4, 0.5) is 4.39 Å². The van der Waals surface area contributed by atoms with Gasteiger partial charge < -0.3 is 10.2 Å². The first-order valence-corrected chi connectivity index (χ1v) is 5.29. The van der Waals surface area contributed by atoms with E-state index in [0.717, 1.165) is 0 Å². The first-order chi connectivity index (χ1) is 7.56. The number of rotatable bonds is 4. The summed E-state index contributed by atoms with van der Waals surface area (Å²) in [5, 5.41) is 3.27. The highest BCUT2D eigenvalue weighted by Crippen LogP contribution is 2.16. The fourth-order valence-electron chi connectivity index (χ4n) is 1.25. The van der Waals surface area contributed by atoms with E-state index in [1.807, 2.05) is 0 Å². The molecule has 0 bridgehead atoms. The fourth-order valence-corrected chi connectivity index (χ4v) is 1.42.